The predicted molar refractivity (Wildman–Crippen MR) is 72.6 cm³/mol. The van der Waals surface area contributed by atoms with Crippen LogP contribution in [0.2, 0.25) is 5.02 Å². The molecule has 1 saturated heterocycles. The summed E-state index contributed by atoms with van der Waals surface area (Å²) in [5.41, 5.74) is -0.433. The topological polar surface area (TPSA) is 70.5 Å². The Morgan fingerprint density at radius 3 is 2.85 bits per heavy atom. The molecule has 20 heavy (non-hydrogen) atoms. The van der Waals surface area contributed by atoms with Crippen LogP contribution in [0.4, 0.5) is 0 Å². The summed E-state index contributed by atoms with van der Waals surface area (Å²) in [6, 6.07) is 3.19. The molecule has 0 aromatic carbocycles. The van der Waals surface area contributed by atoms with Gasteiger partial charge in [-0.05, 0) is 30.9 Å². The van der Waals surface area contributed by atoms with E-state index in [0.717, 1.165) is 12.8 Å². The van der Waals surface area contributed by atoms with Gasteiger partial charge >= 0.3 is 5.97 Å². The van der Waals surface area contributed by atoms with Crippen molar-refractivity contribution in [2.45, 2.75) is 19.3 Å². The highest BCUT2D eigenvalue weighted by atomic mass is 35.5. The average molecular weight is 295 g/mol. The van der Waals surface area contributed by atoms with Crippen LogP contribution in [0.5, 0.6) is 0 Å². The SMILES string of the molecule is O=C(c1ccc(Cl)cn1)N1C[C@@H]2CCC[C@@]2(C(=O)O)C1. The number of likely N-dealkylation sites (tertiary alicyclic amines) is 1. The molecule has 2 atom stereocenters. The van der Waals surface area contributed by atoms with Crippen molar-refractivity contribution in [1.29, 1.82) is 0 Å². The summed E-state index contributed by atoms with van der Waals surface area (Å²) >= 11 is 5.75. The third-order valence-electron chi connectivity index (χ3n) is 4.53. The number of nitrogens with zero attached hydrogens (tertiary/aromatic N) is 2. The molecular weight excluding hydrogens is 280 g/mol. The molecule has 2 fully saturated rings. The molecule has 1 aliphatic carbocycles. The van der Waals surface area contributed by atoms with Crippen molar-refractivity contribution >= 4 is 23.5 Å². The highest BCUT2D eigenvalue weighted by molar-refractivity contribution is 6.30. The second-order valence-corrected chi connectivity index (χ2v) is 6.03. The first-order valence-electron chi connectivity index (χ1n) is 6.67. The number of carbonyl (C=O) groups is 2. The van der Waals surface area contributed by atoms with E-state index in [4.69, 9.17) is 11.6 Å². The quantitative estimate of drug-likeness (QED) is 0.906. The molecule has 1 aromatic heterocycles. The standard InChI is InChI=1S/C14H15ClN2O3/c15-10-3-4-11(16-6-10)12(18)17-7-9-2-1-5-14(9,8-17)13(19)20/h3-4,6,9H,1-2,5,7-8H2,(H,19,20)/t9-,14+/m0/s1. The lowest BCUT2D eigenvalue weighted by Crippen LogP contribution is -2.37. The Bertz CT molecular complexity index is 560. The zero-order valence-electron chi connectivity index (χ0n) is 10.9. The summed E-state index contributed by atoms with van der Waals surface area (Å²) in [6.07, 6.45) is 3.89. The maximum absolute atomic E-state index is 12.4. The van der Waals surface area contributed by atoms with Crippen molar-refractivity contribution in [1.82, 2.24) is 9.88 Å². The van der Waals surface area contributed by atoms with E-state index in [-0.39, 0.29) is 18.4 Å². The summed E-state index contributed by atoms with van der Waals surface area (Å²) in [7, 11) is 0. The number of fused-ring (bicyclic) bond motifs is 1. The van der Waals surface area contributed by atoms with Crippen LogP contribution in [-0.4, -0.2) is 40.0 Å². The van der Waals surface area contributed by atoms with Gasteiger partial charge in [-0.2, -0.15) is 0 Å². The van der Waals surface area contributed by atoms with E-state index in [0.29, 0.717) is 23.7 Å². The number of hydrogen-bond donors (Lipinski definition) is 1. The zero-order valence-corrected chi connectivity index (χ0v) is 11.6. The molecule has 0 unspecified atom stereocenters. The van der Waals surface area contributed by atoms with Gasteiger partial charge < -0.3 is 10.0 Å². The van der Waals surface area contributed by atoms with E-state index in [1.807, 2.05) is 0 Å². The van der Waals surface area contributed by atoms with Gasteiger partial charge in [0, 0.05) is 19.3 Å². The van der Waals surface area contributed by atoms with E-state index < -0.39 is 11.4 Å². The van der Waals surface area contributed by atoms with Gasteiger partial charge in [0.05, 0.1) is 10.4 Å². The molecule has 1 saturated carbocycles. The fourth-order valence-electron chi connectivity index (χ4n) is 3.46. The van der Waals surface area contributed by atoms with Crippen molar-refractivity contribution in [3.8, 4) is 0 Å². The summed E-state index contributed by atoms with van der Waals surface area (Å²) in [5, 5.41) is 9.98. The molecule has 0 radical (unpaired) electrons. The van der Waals surface area contributed by atoms with Crippen molar-refractivity contribution in [2.75, 3.05) is 13.1 Å². The molecule has 1 amide bonds. The number of hydrogen-bond acceptors (Lipinski definition) is 3. The Balaban J connectivity index is 1.82. The molecule has 1 aliphatic heterocycles. The highest BCUT2D eigenvalue weighted by Crippen LogP contribution is 2.49. The Morgan fingerprint density at radius 2 is 2.25 bits per heavy atom. The third-order valence-corrected chi connectivity index (χ3v) is 4.75. The van der Waals surface area contributed by atoms with Crippen LogP contribution in [0.15, 0.2) is 18.3 Å². The summed E-state index contributed by atoms with van der Waals surface area (Å²) in [6.45, 7) is 0.797. The van der Waals surface area contributed by atoms with Crippen LogP contribution in [0.1, 0.15) is 29.8 Å². The van der Waals surface area contributed by atoms with Gasteiger partial charge in [0.25, 0.3) is 5.91 Å². The molecule has 0 spiro atoms. The maximum Gasteiger partial charge on any atom is 0.311 e. The number of carboxylic acids is 1. The van der Waals surface area contributed by atoms with E-state index in [1.165, 1.54) is 6.20 Å². The van der Waals surface area contributed by atoms with E-state index in [2.05, 4.69) is 4.98 Å². The first kappa shape index (κ1) is 13.4. The number of carboxylic acid groups (broad SMARTS) is 1. The van der Waals surface area contributed by atoms with Crippen LogP contribution in [-0.2, 0) is 4.79 Å². The van der Waals surface area contributed by atoms with Gasteiger partial charge in [0.15, 0.2) is 0 Å². The first-order chi connectivity index (χ1) is 9.53. The second-order valence-electron chi connectivity index (χ2n) is 5.60. The molecule has 2 heterocycles. The minimum Gasteiger partial charge on any atom is -0.481 e. The molecule has 1 aromatic rings. The van der Waals surface area contributed by atoms with Crippen molar-refractivity contribution in [3.63, 3.8) is 0 Å². The molecule has 3 rings (SSSR count). The van der Waals surface area contributed by atoms with Crippen LogP contribution < -0.4 is 0 Å². The molecule has 1 N–H and O–H groups in total. The van der Waals surface area contributed by atoms with Gasteiger partial charge in [-0.15, -0.1) is 0 Å². The van der Waals surface area contributed by atoms with E-state index >= 15 is 0 Å². The summed E-state index contributed by atoms with van der Waals surface area (Å²) in [4.78, 5) is 29.6. The minimum atomic E-state index is -0.778. The van der Waals surface area contributed by atoms with Crippen LogP contribution in [0.3, 0.4) is 0 Å². The zero-order chi connectivity index (χ0) is 14.3. The minimum absolute atomic E-state index is 0.0660. The summed E-state index contributed by atoms with van der Waals surface area (Å²) < 4.78 is 0. The highest BCUT2D eigenvalue weighted by Gasteiger charge is 2.55. The van der Waals surface area contributed by atoms with Crippen LogP contribution in [0, 0.1) is 11.3 Å². The van der Waals surface area contributed by atoms with Crippen molar-refractivity contribution in [3.05, 3.63) is 29.0 Å². The van der Waals surface area contributed by atoms with Gasteiger partial charge in [-0.25, -0.2) is 4.98 Å². The van der Waals surface area contributed by atoms with Crippen molar-refractivity contribution in [2.24, 2.45) is 11.3 Å². The Kier molecular flexibility index (Phi) is 3.17. The number of pyridine rings is 1. The lowest BCUT2D eigenvalue weighted by Gasteiger charge is -2.23. The number of halogens is 1. The Labute approximate surface area is 121 Å². The lowest BCUT2D eigenvalue weighted by atomic mass is 9.81. The second kappa shape index (κ2) is 4.74. The molecule has 6 heteroatoms. The normalized spacial score (nSPS) is 28.4. The van der Waals surface area contributed by atoms with E-state index in [9.17, 15) is 14.7 Å². The fraction of sp³-hybridized carbons (Fsp3) is 0.500. The molecule has 2 aliphatic rings. The summed E-state index contributed by atoms with van der Waals surface area (Å²) in [5.74, 6) is -0.924. The van der Waals surface area contributed by atoms with Gasteiger partial charge in [-0.3, -0.25) is 9.59 Å². The Morgan fingerprint density at radius 1 is 1.45 bits per heavy atom. The van der Waals surface area contributed by atoms with Crippen molar-refractivity contribution < 1.29 is 14.7 Å². The average Bonchev–Trinajstić information content (AvgIpc) is 2.96. The van der Waals surface area contributed by atoms with Crippen LogP contribution >= 0.6 is 11.6 Å². The molecule has 106 valence electrons. The third kappa shape index (κ3) is 1.97. The monoisotopic (exact) mass is 294 g/mol. The smallest absolute Gasteiger partial charge is 0.311 e. The first-order valence-corrected chi connectivity index (χ1v) is 7.05. The largest absolute Gasteiger partial charge is 0.481 e. The fourth-order valence-corrected chi connectivity index (χ4v) is 3.57. The van der Waals surface area contributed by atoms with Crippen LogP contribution in [0.25, 0.3) is 0 Å². The molecular formula is C14H15ClN2O3. The Hall–Kier alpha value is -1.62. The number of aromatic nitrogens is 1. The van der Waals surface area contributed by atoms with Gasteiger partial charge in [0.2, 0.25) is 0 Å². The maximum atomic E-state index is 12.4. The van der Waals surface area contributed by atoms with Gasteiger partial charge in [0.1, 0.15) is 5.69 Å². The lowest BCUT2D eigenvalue weighted by molar-refractivity contribution is -0.149. The van der Waals surface area contributed by atoms with E-state index in [1.54, 1.807) is 17.0 Å². The number of aliphatic carboxylic acids is 1. The number of carbonyl (C=O) groups excluding carboxylic acids is 1. The predicted octanol–water partition coefficient (Wildman–Crippen LogP) is 2.06. The molecule has 0 bridgehead atoms. The van der Waals surface area contributed by atoms with Gasteiger partial charge in [-0.1, -0.05) is 18.0 Å². The number of amides is 1. The number of rotatable bonds is 2. The molecule has 5 nitrogen and oxygen atoms in total.